The maximum atomic E-state index is 9.04. The Morgan fingerprint density at radius 2 is 1.92 bits per heavy atom. The van der Waals surface area contributed by atoms with Crippen LogP contribution in [0.25, 0.3) is 0 Å². The van der Waals surface area contributed by atoms with Crippen molar-refractivity contribution >= 4 is 0 Å². The van der Waals surface area contributed by atoms with Crippen LogP contribution in [0.2, 0.25) is 0 Å². The standard InChI is InChI=1S/C10H18O3/c1-4-8(5-11)9-6-12-10(2,3)13-7-9/h11H,4-7H2,1-3H3. The molecule has 0 aromatic heterocycles. The second kappa shape index (κ2) is 4.22. The van der Waals surface area contributed by atoms with Crippen molar-refractivity contribution in [3.63, 3.8) is 0 Å². The minimum absolute atomic E-state index is 0.110. The average molecular weight is 186 g/mol. The van der Waals surface area contributed by atoms with Gasteiger partial charge in [-0.05, 0) is 31.4 Å². The molecule has 0 spiro atoms. The normalized spacial score (nSPS) is 21.7. The summed E-state index contributed by atoms with van der Waals surface area (Å²) in [4.78, 5) is 0. The first kappa shape index (κ1) is 10.7. The van der Waals surface area contributed by atoms with Gasteiger partial charge in [0.25, 0.3) is 0 Å². The topological polar surface area (TPSA) is 38.7 Å². The summed E-state index contributed by atoms with van der Waals surface area (Å²) in [5.41, 5.74) is 2.12. The van der Waals surface area contributed by atoms with E-state index in [0.717, 1.165) is 17.6 Å². The van der Waals surface area contributed by atoms with Gasteiger partial charge < -0.3 is 14.6 Å². The molecule has 0 aromatic carbocycles. The Bertz CT molecular complexity index is 188. The van der Waals surface area contributed by atoms with Crippen LogP contribution < -0.4 is 0 Å². The summed E-state index contributed by atoms with van der Waals surface area (Å²) in [7, 11) is 0. The monoisotopic (exact) mass is 186 g/mol. The molecule has 0 aliphatic carbocycles. The number of hydrogen-bond acceptors (Lipinski definition) is 3. The average Bonchev–Trinajstić information content (AvgIpc) is 2.09. The highest BCUT2D eigenvalue weighted by molar-refractivity contribution is 5.16. The van der Waals surface area contributed by atoms with Crippen LogP contribution in [0.3, 0.4) is 0 Å². The third-order valence-electron chi connectivity index (χ3n) is 2.31. The molecule has 1 rings (SSSR count). The molecule has 1 saturated heterocycles. The first-order chi connectivity index (χ1) is 6.09. The van der Waals surface area contributed by atoms with E-state index in [1.807, 2.05) is 20.8 Å². The largest absolute Gasteiger partial charge is 0.392 e. The van der Waals surface area contributed by atoms with Crippen LogP contribution in [0, 0.1) is 0 Å². The summed E-state index contributed by atoms with van der Waals surface area (Å²) in [6, 6.07) is 0. The molecule has 3 heteroatoms. The van der Waals surface area contributed by atoms with E-state index in [9.17, 15) is 0 Å². The maximum Gasteiger partial charge on any atom is 0.163 e. The molecule has 1 N–H and O–H groups in total. The molecule has 1 heterocycles. The third kappa shape index (κ3) is 2.79. The molecule has 3 nitrogen and oxygen atoms in total. The molecule has 0 atom stereocenters. The first-order valence-corrected chi connectivity index (χ1v) is 4.67. The van der Waals surface area contributed by atoms with Crippen LogP contribution in [0.1, 0.15) is 27.2 Å². The Labute approximate surface area is 79.3 Å². The molecular formula is C10H18O3. The van der Waals surface area contributed by atoms with Gasteiger partial charge in [0.05, 0.1) is 19.8 Å². The van der Waals surface area contributed by atoms with Crippen molar-refractivity contribution in [1.29, 1.82) is 0 Å². The first-order valence-electron chi connectivity index (χ1n) is 4.67. The van der Waals surface area contributed by atoms with E-state index in [1.165, 1.54) is 0 Å². The van der Waals surface area contributed by atoms with Gasteiger partial charge in [0.15, 0.2) is 5.79 Å². The molecule has 0 unspecified atom stereocenters. The fraction of sp³-hybridized carbons (Fsp3) is 0.800. The Morgan fingerprint density at radius 1 is 1.38 bits per heavy atom. The zero-order valence-electron chi connectivity index (χ0n) is 8.59. The Kier molecular flexibility index (Phi) is 3.47. The smallest absolute Gasteiger partial charge is 0.163 e. The Morgan fingerprint density at radius 3 is 2.31 bits per heavy atom. The van der Waals surface area contributed by atoms with Crippen LogP contribution in [0.4, 0.5) is 0 Å². The quantitative estimate of drug-likeness (QED) is 0.664. The number of aliphatic hydroxyl groups is 1. The van der Waals surface area contributed by atoms with E-state index in [-0.39, 0.29) is 6.61 Å². The second-order valence-electron chi connectivity index (χ2n) is 3.70. The zero-order valence-corrected chi connectivity index (χ0v) is 8.59. The van der Waals surface area contributed by atoms with Gasteiger partial charge in [-0.25, -0.2) is 0 Å². The minimum atomic E-state index is -0.474. The molecule has 76 valence electrons. The molecular weight excluding hydrogens is 168 g/mol. The molecule has 1 fully saturated rings. The summed E-state index contributed by atoms with van der Waals surface area (Å²) < 4.78 is 10.9. The van der Waals surface area contributed by atoms with Crippen molar-refractivity contribution < 1.29 is 14.6 Å². The van der Waals surface area contributed by atoms with Crippen molar-refractivity contribution in [1.82, 2.24) is 0 Å². The van der Waals surface area contributed by atoms with Crippen LogP contribution in [0.5, 0.6) is 0 Å². The predicted molar refractivity (Wildman–Crippen MR) is 50.4 cm³/mol. The molecule has 13 heavy (non-hydrogen) atoms. The lowest BCUT2D eigenvalue weighted by Crippen LogP contribution is -2.36. The van der Waals surface area contributed by atoms with Gasteiger partial charge in [-0.2, -0.15) is 0 Å². The third-order valence-corrected chi connectivity index (χ3v) is 2.31. The predicted octanol–water partition coefficient (Wildman–Crippen LogP) is 1.47. The molecule has 1 aliphatic rings. The number of hydrogen-bond donors (Lipinski definition) is 1. The van der Waals surface area contributed by atoms with Crippen LogP contribution >= 0.6 is 0 Å². The highest BCUT2D eigenvalue weighted by Gasteiger charge is 2.25. The second-order valence-corrected chi connectivity index (χ2v) is 3.70. The molecule has 0 aromatic rings. The molecule has 1 aliphatic heterocycles. The Balaban J connectivity index is 2.62. The molecule has 0 radical (unpaired) electrons. The highest BCUT2D eigenvalue weighted by atomic mass is 16.7. The van der Waals surface area contributed by atoms with E-state index in [4.69, 9.17) is 14.6 Å². The van der Waals surface area contributed by atoms with E-state index in [0.29, 0.717) is 13.2 Å². The van der Waals surface area contributed by atoms with Gasteiger partial charge in [-0.15, -0.1) is 0 Å². The van der Waals surface area contributed by atoms with E-state index < -0.39 is 5.79 Å². The van der Waals surface area contributed by atoms with Crippen molar-refractivity contribution in [3.05, 3.63) is 11.1 Å². The minimum Gasteiger partial charge on any atom is -0.392 e. The van der Waals surface area contributed by atoms with Crippen LogP contribution in [-0.2, 0) is 9.47 Å². The van der Waals surface area contributed by atoms with Crippen LogP contribution in [0.15, 0.2) is 11.1 Å². The van der Waals surface area contributed by atoms with Gasteiger partial charge in [-0.1, -0.05) is 6.92 Å². The number of aliphatic hydroxyl groups excluding tert-OH is 1. The van der Waals surface area contributed by atoms with Gasteiger partial charge in [0.1, 0.15) is 0 Å². The highest BCUT2D eigenvalue weighted by Crippen LogP contribution is 2.22. The van der Waals surface area contributed by atoms with Crippen molar-refractivity contribution in [2.75, 3.05) is 19.8 Å². The summed E-state index contributed by atoms with van der Waals surface area (Å²) in [6.07, 6.45) is 0.860. The van der Waals surface area contributed by atoms with Gasteiger partial charge >= 0.3 is 0 Å². The molecule has 0 bridgehead atoms. The van der Waals surface area contributed by atoms with Crippen molar-refractivity contribution in [2.45, 2.75) is 33.0 Å². The lowest BCUT2D eigenvalue weighted by Gasteiger charge is -2.32. The maximum absolute atomic E-state index is 9.04. The Hall–Kier alpha value is -0.380. The van der Waals surface area contributed by atoms with Crippen molar-refractivity contribution in [2.24, 2.45) is 0 Å². The zero-order chi connectivity index (χ0) is 9.90. The SMILES string of the molecule is CCC(CO)=C1COC(C)(C)OC1. The summed E-state index contributed by atoms with van der Waals surface area (Å²) >= 11 is 0. The number of rotatable bonds is 2. The fourth-order valence-corrected chi connectivity index (χ4v) is 1.28. The van der Waals surface area contributed by atoms with Gasteiger partial charge in [0, 0.05) is 0 Å². The number of ether oxygens (including phenoxy) is 2. The lowest BCUT2D eigenvalue weighted by molar-refractivity contribution is -0.226. The van der Waals surface area contributed by atoms with Gasteiger partial charge in [-0.3, -0.25) is 0 Å². The summed E-state index contributed by atoms with van der Waals surface area (Å²) in [5, 5.41) is 9.04. The van der Waals surface area contributed by atoms with Crippen molar-refractivity contribution in [3.8, 4) is 0 Å². The lowest BCUT2D eigenvalue weighted by atomic mass is 10.1. The van der Waals surface area contributed by atoms with E-state index in [1.54, 1.807) is 0 Å². The van der Waals surface area contributed by atoms with E-state index in [2.05, 4.69) is 0 Å². The van der Waals surface area contributed by atoms with Gasteiger partial charge in [0.2, 0.25) is 0 Å². The summed E-state index contributed by atoms with van der Waals surface area (Å²) in [6.45, 7) is 7.09. The molecule has 0 amide bonds. The van der Waals surface area contributed by atoms with Crippen LogP contribution in [-0.4, -0.2) is 30.7 Å². The molecule has 0 saturated carbocycles. The fourth-order valence-electron chi connectivity index (χ4n) is 1.28. The summed E-state index contributed by atoms with van der Waals surface area (Å²) in [5.74, 6) is -0.474. The van der Waals surface area contributed by atoms with E-state index >= 15 is 0 Å².